The van der Waals surface area contributed by atoms with Gasteiger partial charge in [0.1, 0.15) is 5.75 Å². The Kier molecular flexibility index (Phi) is 5.76. The minimum Gasteiger partial charge on any atom is -0.482 e. The lowest BCUT2D eigenvalue weighted by molar-refractivity contribution is -0.121. The number of aryl methyl sites for hydroxylation is 1. The fourth-order valence-electron chi connectivity index (χ4n) is 2.97. The normalized spacial score (nSPS) is 13.3. The van der Waals surface area contributed by atoms with Gasteiger partial charge in [-0.25, -0.2) is 0 Å². The highest BCUT2D eigenvalue weighted by molar-refractivity contribution is 5.98. The molecule has 0 saturated carbocycles. The zero-order chi connectivity index (χ0) is 19.4. The summed E-state index contributed by atoms with van der Waals surface area (Å²) in [5.74, 6) is 0.516. The number of hydrogen-bond acceptors (Lipinski definition) is 4. The number of rotatable bonds is 6. The van der Waals surface area contributed by atoms with Crippen LogP contribution in [-0.2, 0) is 11.3 Å². The molecule has 1 heterocycles. The van der Waals surface area contributed by atoms with E-state index < -0.39 is 0 Å². The quantitative estimate of drug-likeness (QED) is 0.850. The van der Waals surface area contributed by atoms with Crippen LogP contribution in [0.15, 0.2) is 42.5 Å². The van der Waals surface area contributed by atoms with Crippen molar-refractivity contribution in [2.75, 3.05) is 38.7 Å². The summed E-state index contributed by atoms with van der Waals surface area (Å²) < 4.78 is 5.55. The van der Waals surface area contributed by atoms with Crippen molar-refractivity contribution in [3.05, 3.63) is 59.2 Å². The van der Waals surface area contributed by atoms with Gasteiger partial charge in [0.2, 0.25) is 0 Å². The molecule has 2 aromatic carbocycles. The van der Waals surface area contributed by atoms with Gasteiger partial charge in [-0.15, -0.1) is 0 Å². The van der Waals surface area contributed by atoms with E-state index in [1.807, 2.05) is 62.3 Å². The van der Waals surface area contributed by atoms with Crippen LogP contribution in [0.3, 0.4) is 0 Å². The summed E-state index contributed by atoms with van der Waals surface area (Å²) in [5, 5.41) is 2.91. The molecule has 0 radical (unpaired) electrons. The second-order valence-electron chi connectivity index (χ2n) is 7.00. The molecule has 1 N–H and O–H groups in total. The molecule has 0 saturated heterocycles. The first-order valence-electron chi connectivity index (χ1n) is 9.00. The summed E-state index contributed by atoms with van der Waals surface area (Å²) >= 11 is 0. The number of carbonyl (C=O) groups excluding carboxylic acids is 2. The molecule has 1 aliphatic heterocycles. The maximum absolute atomic E-state index is 12.4. The lowest BCUT2D eigenvalue weighted by atomic mass is 10.1. The molecule has 0 fully saturated rings. The van der Waals surface area contributed by atoms with Gasteiger partial charge in [0, 0.05) is 18.7 Å². The molecule has 0 spiro atoms. The van der Waals surface area contributed by atoms with Gasteiger partial charge in [-0.2, -0.15) is 0 Å². The number of benzene rings is 2. The molecule has 1 aliphatic rings. The zero-order valence-corrected chi connectivity index (χ0v) is 16.0. The minimum atomic E-state index is -0.108. The second-order valence-corrected chi connectivity index (χ2v) is 7.00. The van der Waals surface area contributed by atoms with Gasteiger partial charge in [-0.05, 0) is 56.4 Å². The molecule has 0 aromatic heterocycles. The Labute approximate surface area is 159 Å². The molecule has 0 bridgehead atoms. The van der Waals surface area contributed by atoms with Crippen LogP contribution in [0.4, 0.5) is 5.69 Å². The highest BCUT2D eigenvalue weighted by Crippen LogP contribution is 2.33. The molecule has 142 valence electrons. The smallest absolute Gasteiger partial charge is 0.265 e. The maximum Gasteiger partial charge on any atom is 0.265 e. The summed E-state index contributed by atoms with van der Waals surface area (Å²) in [6.07, 6.45) is 0. The van der Waals surface area contributed by atoms with Crippen LogP contribution in [0.1, 0.15) is 21.5 Å². The molecule has 2 amide bonds. The number of ether oxygens (including phenoxy) is 1. The van der Waals surface area contributed by atoms with Crippen molar-refractivity contribution >= 4 is 17.5 Å². The van der Waals surface area contributed by atoms with Gasteiger partial charge < -0.3 is 19.9 Å². The Hall–Kier alpha value is -2.86. The summed E-state index contributed by atoms with van der Waals surface area (Å²) in [6.45, 7) is 3.79. The first kappa shape index (κ1) is 18.9. The summed E-state index contributed by atoms with van der Waals surface area (Å²) in [5.41, 5.74) is 3.34. The van der Waals surface area contributed by atoms with Crippen molar-refractivity contribution in [2.45, 2.75) is 13.5 Å². The minimum absolute atomic E-state index is 0.0289. The Morgan fingerprint density at radius 2 is 2.04 bits per heavy atom. The number of likely N-dealkylation sites (N-methyl/N-ethyl adjacent to an activating group) is 1. The Morgan fingerprint density at radius 1 is 1.22 bits per heavy atom. The van der Waals surface area contributed by atoms with Crippen molar-refractivity contribution in [1.29, 1.82) is 0 Å². The molecule has 2 aromatic rings. The van der Waals surface area contributed by atoms with Gasteiger partial charge in [0.25, 0.3) is 11.8 Å². The number of nitrogens with one attached hydrogen (secondary N) is 1. The van der Waals surface area contributed by atoms with Crippen molar-refractivity contribution in [2.24, 2.45) is 0 Å². The van der Waals surface area contributed by atoms with Crippen LogP contribution in [0.2, 0.25) is 0 Å². The molecule has 0 unspecified atom stereocenters. The van der Waals surface area contributed by atoms with E-state index in [2.05, 4.69) is 5.32 Å². The molecule has 0 atom stereocenters. The number of nitrogens with zero attached hydrogens (tertiary/aromatic N) is 2. The number of anilines is 1. The third-order valence-corrected chi connectivity index (χ3v) is 4.43. The second kappa shape index (κ2) is 8.22. The standard InChI is InChI=1S/C21H25N3O3/c1-15-7-8-18-19(11-15)27-14-20(25)24(18)13-16-5-4-6-17(12-16)21(26)22-9-10-23(2)3/h4-8,11-12H,9-10,13-14H2,1-3H3,(H,22,26). The predicted molar refractivity (Wildman–Crippen MR) is 105 cm³/mol. The highest BCUT2D eigenvalue weighted by atomic mass is 16.5. The fourth-order valence-corrected chi connectivity index (χ4v) is 2.97. The predicted octanol–water partition coefficient (Wildman–Crippen LogP) is 2.21. The molecular formula is C21H25N3O3. The molecule has 6 nitrogen and oxygen atoms in total. The zero-order valence-electron chi connectivity index (χ0n) is 16.0. The van der Waals surface area contributed by atoms with Crippen molar-refractivity contribution < 1.29 is 14.3 Å². The summed E-state index contributed by atoms with van der Waals surface area (Å²) in [6, 6.07) is 13.2. The SMILES string of the molecule is Cc1ccc2c(c1)OCC(=O)N2Cc1cccc(C(=O)NCCN(C)C)c1. The van der Waals surface area contributed by atoms with Crippen LogP contribution >= 0.6 is 0 Å². The molecular weight excluding hydrogens is 342 g/mol. The largest absolute Gasteiger partial charge is 0.482 e. The lowest BCUT2D eigenvalue weighted by Gasteiger charge is -2.29. The van der Waals surface area contributed by atoms with Crippen LogP contribution in [-0.4, -0.2) is 50.5 Å². The van der Waals surface area contributed by atoms with E-state index in [9.17, 15) is 9.59 Å². The summed E-state index contributed by atoms with van der Waals surface area (Å²) in [4.78, 5) is 28.5. The topological polar surface area (TPSA) is 61.9 Å². The molecule has 27 heavy (non-hydrogen) atoms. The third-order valence-electron chi connectivity index (χ3n) is 4.43. The van der Waals surface area contributed by atoms with Gasteiger partial charge in [-0.3, -0.25) is 9.59 Å². The van der Waals surface area contributed by atoms with Gasteiger partial charge in [0.15, 0.2) is 6.61 Å². The van der Waals surface area contributed by atoms with Crippen LogP contribution in [0.25, 0.3) is 0 Å². The average molecular weight is 367 g/mol. The Bertz CT molecular complexity index is 848. The number of carbonyl (C=O) groups is 2. The van der Waals surface area contributed by atoms with Crippen molar-refractivity contribution in [3.63, 3.8) is 0 Å². The monoisotopic (exact) mass is 367 g/mol. The van der Waals surface area contributed by atoms with Crippen LogP contribution in [0.5, 0.6) is 5.75 Å². The van der Waals surface area contributed by atoms with E-state index in [1.54, 1.807) is 11.0 Å². The highest BCUT2D eigenvalue weighted by Gasteiger charge is 2.25. The maximum atomic E-state index is 12.4. The first-order valence-corrected chi connectivity index (χ1v) is 9.00. The number of hydrogen-bond donors (Lipinski definition) is 1. The molecule has 3 rings (SSSR count). The van der Waals surface area contributed by atoms with Crippen molar-refractivity contribution in [1.82, 2.24) is 10.2 Å². The van der Waals surface area contributed by atoms with E-state index >= 15 is 0 Å². The fraction of sp³-hybridized carbons (Fsp3) is 0.333. The van der Waals surface area contributed by atoms with Gasteiger partial charge in [-0.1, -0.05) is 18.2 Å². The number of fused-ring (bicyclic) bond motifs is 1. The Balaban J connectivity index is 1.75. The van der Waals surface area contributed by atoms with E-state index in [1.165, 1.54) is 0 Å². The lowest BCUT2D eigenvalue weighted by Crippen LogP contribution is -2.38. The third kappa shape index (κ3) is 4.65. The van der Waals surface area contributed by atoms with Gasteiger partial charge >= 0.3 is 0 Å². The molecule has 6 heteroatoms. The number of amides is 2. The van der Waals surface area contributed by atoms with Crippen molar-refractivity contribution in [3.8, 4) is 5.75 Å². The molecule has 0 aliphatic carbocycles. The van der Waals surface area contributed by atoms with Crippen LogP contribution < -0.4 is 15.0 Å². The van der Waals surface area contributed by atoms with E-state index in [0.29, 0.717) is 24.4 Å². The van der Waals surface area contributed by atoms with E-state index in [4.69, 9.17) is 4.74 Å². The van der Waals surface area contributed by atoms with Crippen LogP contribution in [0, 0.1) is 6.92 Å². The van der Waals surface area contributed by atoms with E-state index in [-0.39, 0.29) is 18.4 Å². The Morgan fingerprint density at radius 3 is 2.81 bits per heavy atom. The average Bonchev–Trinajstić information content (AvgIpc) is 2.64. The summed E-state index contributed by atoms with van der Waals surface area (Å²) in [7, 11) is 3.93. The van der Waals surface area contributed by atoms with E-state index in [0.717, 1.165) is 23.4 Å². The van der Waals surface area contributed by atoms with Gasteiger partial charge in [0.05, 0.1) is 12.2 Å². The first-order chi connectivity index (χ1) is 12.9.